The summed E-state index contributed by atoms with van der Waals surface area (Å²) in [5, 5.41) is 6.20. The van der Waals surface area contributed by atoms with E-state index in [1.54, 1.807) is 35.7 Å². The highest BCUT2D eigenvalue weighted by atomic mass is 32.1. The molecule has 1 aliphatic rings. The van der Waals surface area contributed by atoms with E-state index >= 15 is 0 Å². The Labute approximate surface area is 185 Å². The van der Waals surface area contributed by atoms with Crippen LogP contribution < -0.4 is 10.1 Å². The Morgan fingerprint density at radius 1 is 1.29 bits per heavy atom. The number of halogens is 1. The minimum absolute atomic E-state index is 0.00215. The van der Waals surface area contributed by atoms with Crippen LogP contribution in [0.25, 0.3) is 0 Å². The highest BCUT2D eigenvalue weighted by Crippen LogP contribution is 2.24. The van der Waals surface area contributed by atoms with Gasteiger partial charge in [-0.2, -0.15) is 0 Å². The van der Waals surface area contributed by atoms with Crippen molar-refractivity contribution in [3.05, 3.63) is 70.1 Å². The van der Waals surface area contributed by atoms with Crippen molar-refractivity contribution in [1.29, 1.82) is 0 Å². The van der Waals surface area contributed by atoms with Gasteiger partial charge >= 0.3 is 0 Å². The summed E-state index contributed by atoms with van der Waals surface area (Å²) in [5.41, 5.74) is 1.85. The summed E-state index contributed by atoms with van der Waals surface area (Å²) >= 11 is 1.67. The summed E-state index contributed by atoms with van der Waals surface area (Å²) in [5.74, 6) is 0.401. The van der Waals surface area contributed by atoms with Crippen molar-refractivity contribution >= 4 is 17.2 Å². The van der Waals surface area contributed by atoms with E-state index in [2.05, 4.69) is 25.6 Å². The first kappa shape index (κ1) is 21.4. The fraction of sp³-hybridized carbons (Fsp3) is 0.348. The van der Waals surface area contributed by atoms with E-state index < -0.39 is 0 Å². The summed E-state index contributed by atoms with van der Waals surface area (Å²) < 4.78 is 19.1. The predicted molar refractivity (Wildman–Crippen MR) is 117 cm³/mol. The zero-order chi connectivity index (χ0) is 21.6. The number of amides is 1. The van der Waals surface area contributed by atoms with Crippen molar-refractivity contribution in [1.82, 2.24) is 20.2 Å². The lowest BCUT2D eigenvalue weighted by atomic mass is 9.95. The number of aromatic nitrogens is 2. The van der Waals surface area contributed by atoms with Crippen LogP contribution in [-0.4, -0.2) is 33.9 Å². The quantitative estimate of drug-likeness (QED) is 0.593. The third kappa shape index (κ3) is 5.86. The van der Waals surface area contributed by atoms with E-state index in [1.807, 2.05) is 13.0 Å². The average Bonchev–Trinajstić information content (AvgIpc) is 3.18. The minimum Gasteiger partial charge on any atom is -0.439 e. The lowest BCUT2D eigenvalue weighted by Crippen LogP contribution is -2.40. The predicted octanol–water partition coefficient (Wildman–Crippen LogP) is 4.31. The molecule has 31 heavy (non-hydrogen) atoms. The molecule has 1 fully saturated rings. The van der Waals surface area contributed by atoms with E-state index in [0.717, 1.165) is 48.7 Å². The molecule has 0 saturated carbocycles. The normalized spacial score (nSPS) is 15.0. The molecule has 1 N–H and O–H groups in total. The standard InChI is InChI=1S/C23H25FN4O2S/c1-16-27-20(15-31-16)14-28-10-7-17(8-11-28)22(29)26-13-18-4-3-9-25-23(18)30-21-6-2-5-19(24)12-21/h2-6,9,12,15,17H,7-8,10-11,13-14H2,1H3,(H,26,29). The fourth-order valence-corrected chi connectivity index (χ4v) is 4.29. The SMILES string of the molecule is Cc1nc(CN2CCC(C(=O)NCc3cccnc3Oc3cccc(F)c3)CC2)cs1. The van der Waals surface area contributed by atoms with Crippen LogP contribution in [0.4, 0.5) is 4.39 Å². The molecule has 0 spiro atoms. The van der Waals surface area contributed by atoms with Crippen molar-refractivity contribution in [2.45, 2.75) is 32.9 Å². The molecule has 162 valence electrons. The van der Waals surface area contributed by atoms with Crippen LogP contribution in [0.15, 0.2) is 48.0 Å². The van der Waals surface area contributed by atoms with Gasteiger partial charge in [0.15, 0.2) is 0 Å². The topological polar surface area (TPSA) is 67.4 Å². The molecule has 0 bridgehead atoms. The van der Waals surface area contributed by atoms with E-state index in [-0.39, 0.29) is 17.6 Å². The summed E-state index contributed by atoms with van der Waals surface area (Å²) in [6.45, 7) is 4.94. The summed E-state index contributed by atoms with van der Waals surface area (Å²) in [6, 6.07) is 9.55. The molecule has 1 aliphatic heterocycles. The van der Waals surface area contributed by atoms with Crippen molar-refractivity contribution < 1.29 is 13.9 Å². The Kier molecular flexibility index (Phi) is 6.89. The molecule has 8 heteroatoms. The Morgan fingerprint density at radius 3 is 2.87 bits per heavy atom. The number of hydrogen-bond acceptors (Lipinski definition) is 6. The van der Waals surface area contributed by atoms with E-state index in [9.17, 15) is 9.18 Å². The summed E-state index contributed by atoms with van der Waals surface area (Å²) in [4.78, 5) is 23.8. The number of carbonyl (C=O) groups is 1. The third-order valence-corrected chi connectivity index (χ3v) is 6.15. The fourth-order valence-electron chi connectivity index (χ4n) is 3.68. The van der Waals surface area contributed by atoms with Gasteiger partial charge in [0.2, 0.25) is 11.8 Å². The van der Waals surface area contributed by atoms with Crippen molar-refractivity contribution in [2.75, 3.05) is 13.1 Å². The Hall–Kier alpha value is -2.84. The van der Waals surface area contributed by atoms with Gasteiger partial charge in [-0.3, -0.25) is 9.69 Å². The zero-order valence-electron chi connectivity index (χ0n) is 17.4. The van der Waals surface area contributed by atoms with Crippen LogP contribution >= 0.6 is 11.3 Å². The maximum absolute atomic E-state index is 13.4. The third-order valence-electron chi connectivity index (χ3n) is 5.32. The first-order valence-corrected chi connectivity index (χ1v) is 11.2. The van der Waals surface area contributed by atoms with Gasteiger partial charge < -0.3 is 10.1 Å². The van der Waals surface area contributed by atoms with Gasteiger partial charge in [-0.1, -0.05) is 12.1 Å². The van der Waals surface area contributed by atoms with Gasteiger partial charge in [0.25, 0.3) is 0 Å². The number of carbonyl (C=O) groups excluding carboxylic acids is 1. The zero-order valence-corrected chi connectivity index (χ0v) is 18.2. The molecule has 4 rings (SSSR count). The number of pyridine rings is 1. The van der Waals surface area contributed by atoms with Crippen LogP contribution in [-0.2, 0) is 17.9 Å². The van der Waals surface area contributed by atoms with E-state index in [4.69, 9.17) is 4.74 Å². The number of piperidine rings is 1. The maximum Gasteiger partial charge on any atom is 0.224 e. The number of thiazole rings is 1. The molecule has 1 amide bonds. The van der Waals surface area contributed by atoms with Gasteiger partial charge in [0.1, 0.15) is 11.6 Å². The molecule has 6 nitrogen and oxygen atoms in total. The van der Waals surface area contributed by atoms with Crippen LogP contribution in [0.1, 0.15) is 29.1 Å². The van der Waals surface area contributed by atoms with Gasteiger partial charge in [-0.25, -0.2) is 14.4 Å². The maximum atomic E-state index is 13.4. The molecule has 0 atom stereocenters. The number of benzene rings is 1. The van der Waals surface area contributed by atoms with Gasteiger partial charge in [-0.05, 0) is 51.1 Å². The second-order valence-electron chi connectivity index (χ2n) is 7.65. The number of aryl methyl sites for hydroxylation is 1. The van der Waals surface area contributed by atoms with E-state index in [0.29, 0.717) is 18.2 Å². The molecule has 3 heterocycles. The van der Waals surface area contributed by atoms with Gasteiger partial charge in [0, 0.05) is 42.2 Å². The molecule has 1 aromatic carbocycles. The lowest BCUT2D eigenvalue weighted by molar-refractivity contribution is -0.126. The Bertz CT molecular complexity index is 1030. The minimum atomic E-state index is -0.375. The average molecular weight is 441 g/mol. The number of ether oxygens (including phenoxy) is 1. The number of likely N-dealkylation sites (tertiary alicyclic amines) is 1. The number of hydrogen-bond donors (Lipinski definition) is 1. The smallest absolute Gasteiger partial charge is 0.224 e. The molecule has 1 saturated heterocycles. The van der Waals surface area contributed by atoms with Crippen molar-refractivity contribution in [3.8, 4) is 11.6 Å². The second-order valence-corrected chi connectivity index (χ2v) is 8.72. The molecule has 0 radical (unpaired) electrons. The summed E-state index contributed by atoms with van der Waals surface area (Å²) in [6.07, 6.45) is 3.27. The van der Waals surface area contributed by atoms with Crippen LogP contribution in [0.3, 0.4) is 0 Å². The second kappa shape index (κ2) is 9.98. The van der Waals surface area contributed by atoms with E-state index in [1.165, 1.54) is 12.1 Å². The largest absolute Gasteiger partial charge is 0.439 e. The van der Waals surface area contributed by atoms with Gasteiger partial charge in [-0.15, -0.1) is 11.3 Å². The van der Waals surface area contributed by atoms with Crippen molar-refractivity contribution in [2.24, 2.45) is 5.92 Å². The monoisotopic (exact) mass is 440 g/mol. The summed E-state index contributed by atoms with van der Waals surface area (Å²) in [7, 11) is 0. The molecular formula is C23H25FN4O2S. The lowest BCUT2D eigenvalue weighted by Gasteiger charge is -2.30. The first-order valence-electron chi connectivity index (χ1n) is 10.4. The van der Waals surface area contributed by atoms with Crippen LogP contribution in [0.2, 0.25) is 0 Å². The number of rotatable bonds is 7. The highest BCUT2D eigenvalue weighted by Gasteiger charge is 2.25. The number of nitrogens with zero attached hydrogens (tertiary/aromatic N) is 3. The molecular weight excluding hydrogens is 415 g/mol. The van der Waals surface area contributed by atoms with Crippen LogP contribution in [0.5, 0.6) is 11.6 Å². The molecule has 0 unspecified atom stereocenters. The molecule has 3 aromatic rings. The Morgan fingerprint density at radius 2 is 2.13 bits per heavy atom. The molecule has 2 aromatic heterocycles. The number of nitrogens with one attached hydrogen (secondary N) is 1. The first-order chi connectivity index (χ1) is 15.1. The van der Waals surface area contributed by atoms with Crippen LogP contribution in [0, 0.1) is 18.7 Å². The highest BCUT2D eigenvalue weighted by molar-refractivity contribution is 7.09. The Balaban J connectivity index is 1.28. The van der Waals surface area contributed by atoms with Crippen molar-refractivity contribution in [3.63, 3.8) is 0 Å². The molecule has 0 aliphatic carbocycles. The van der Waals surface area contributed by atoms with Gasteiger partial charge in [0.05, 0.1) is 10.7 Å².